The Bertz CT molecular complexity index is 571. The van der Waals surface area contributed by atoms with E-state index >= 15 is 0 Å². The summed E-state index contributed by atoms with van der Waals surface area (Å²) in [7, 11) is 1.58. The van der Waals surface area contributed by atoms with E-state index in [-0.39, 0.29) is 17.7 Å². The van der Waals surface area contributed by atoms with Crippen molar-refractivity contribution in [2.45, 2.75) is 26.3 Å². The van der Waals surface area contributed by atoms with Crippen LogP contribution in [-0.4, -0.2) is 49.5 Å². The standard InChI is InChI=1S/C18H27N3O3/c1-12(2)16(18(23)21-9-8-13(10-19)11-21)20-17(22)14-4-6-15(24-3)7-5-14/h4-7,12-13,16H,8-11,19H2,1-3H3,(H,20,22). The zero-order valence-electron chi connectivity index (χ0n) is 14.6. The zero-order valence-corrected chi connectivity index (χ0v) is 14.6. The van der Waals surface area contributed by atoms with Crippen LogP contribution in [0.1, 0.15) is 30.6 Å². The number of hydrogen-bond donors (Lipinski definition) is 2. The highest BCUT2D eigenvalue weighted by atomic mass is 16.5. The van der Waals surface area contributed by atoms with Gasteiger partial charge in [-0.2, -0.15) is 0 Å². The van der Waals surface area contributed by atoms with Gasteiger partial charge >= 0.3 is 0 Å². The van der Waals surface area contributed by atoms with Gasteiger partial charge in [0.15, 0.2) is 0 Å². The lowest BCUT2D eigenvalue weighted by molar-refractivity contribution is -0.133. The first-order chi connectivity index (χ1) is 11.5. The Kier molecular flexibility index (Phi) is 6.20. The van der Waals surface area contributed by atoms with E-state index in [1.54, 1.807) is 31.4 Å². The molecule has 0 saturated carbocycles. The summed E-state index contributed by atoms with van der Waals surface area (Å²) >= 11 is 0. The van der Waals surface area contributed by atoms with E-state index in [1.165, 1.54) is 0 Å². The van der Waals surface area contributed by atoms with Crippen molar-refractivity contribution < 1.29 is 14.3 Å². The average Bonchev–Trinajstić information content (AvgIpc) is 3.08. The Labute approximate surface area is 143 Å². The molecule has 1 aliphatic rings. The van der Waals surface area contributed by atoms with Gasteiger partial charge in [0.2, 0.25) is 5.91 Å². The van der Waals surface area contributed by atoms with Crippen molar-refractivity contribution in [2.24, 2.45) is 17.6 Å². The third kappa shape index (κ3) is 4.26. The maximum Gasteiger partial charge on any atom is 0.251 e. The van der Waals surface area contributed by atoms with Gasteiger partial charge in [-0.15, -0.1) is 0 Å². The molecule has 2 rings (SSSR count). The summed E-state index contributed by atoms with van der Waals surface area (Å²) in [5.74, 6) is 0.783. The molecule has 3 N–H and O–H groups in total. The number of carbonyl (C=O) groups is 2. The van der Waals surface area contributed by atoms with Crippen LogP contribution in [0.3, 0.4) is 0 Å². The molecule has 2 atom stereocenters. The number of benzene rings is 1. The summed E-state index contributed by atoms with van der Waals surface area (Å²) in [6, 6.07) is 6.31. The van der Waals surface area contributed by atoms with E-state index in [9.17, 15) is 9.59 Å². The first-order valence-corrected chi connectivity index (χ1v) is 8.40. The van der Waals surface area contributed by atoms with Crippen LogP contribution < -0.4 is 15.8 Å². The molecule has 6 nitrogen and oxygen atoms in total. The predicted octanol–water partition coefficient (Wildman–Crippen LogP) is 1.26. The van der Waals surface area contributed by atoms with E-state index in [4.69, 9.17) is 10.5 Å². The third-order valence-corrected chi connectivity index (χ3v) is 4.50. The molecule has 0 aliphatic carbocycles. The largest absolute Gasteiger partial charge is 0.497 e. The summed E-state index contributed by atoms with van der Waals surface area (Å²) < 4.78 is 5.09. The van der Waals surface area contributed by atoms with Crippen LogP contribution in [0.15, 0.2) is 24.3 Å². The highest BCUT2D eigenvalue weighted by Crippen LogP contribution is 2.18. The van der Waals surface area contributed by atoms with E-state index in [2.05, 4.69) is 5.32 Å². The first-order valence-electron chi connectivity index (χ1n) is 8.40. The SMILES string of the molecule is COc1ccc(C(=O)NC(C(=O)N2CCC(CN)C2)C(C)C)cc1. The molecule has 0 aromatic heterocycles. The van der Waals surface area contributed by atoms with Gasteiger partial charge in [0.1, 0.15) is 11.8 Å². The number of nitrogens with zero attached hydrogens (tertiary/aromatic N) is 1. The number of likely N-dealkylation sites (tertiary alicyclic amines) is 1. The summed E-state index contributed by atoms with van der Waals surface area (Å²) in [5, 5.41) is 2.88. The van der Waals surface area contributed by atoms with E-state index < -0.39 is 6.04 Å². The molecule has 1 heterocycles. The van der Waals surface area contributed by atoms with Crippen molar-refractivity contribution in [3.63, 3.8) is 0 Å². The fourth-order valence-electron chi connectivity index (χ4n) is 2.90. The monoisotopic (exact) mass is 333 g/mol. The third-order valence-electron chi connectivity index (χ3n) is 4.50. The number of ether oxygens (including phenoxy) is 1. The van der Waals surface area contributed by atoms with Gasteiger partial charge in [-0.1, -0.05) is 13.8 Å². The molecular formula is C18H27N3O3. The van der Waals surface area contributed by atoms with Crippen LogP contribution in [0, 0.1) is 11.8 Å². The second-order valence-electron chi connectivity index (χ2n) is 6.60. The predicted molar refractivity (Wildman–Crippen MR) is 92.8 cm³/mol. The molecule has 132 valence electrons. The van der Waals surface area contributed by atoms with Crippen molar-refractivity contribution in [3.8, 4) is 5.75 Å². The molecule has 0 radical (unpaired) electrons. The van der Waals surface area contributed by atoms with Gasteiger partial charge in [-0.05, 0) is 49.1 Å². The van der Waals surface area contributed by atoms with Crippen LogP contribution in [0.25, 0.3) is 0 Å². The number of hydrogen-bond acceptors (Lipinski definition) is 4. The van der Waals surface area contributed by atoms with Crippen molar-refractivity contribution in [1.82, 2.24) is 10.2 Å². The summed E-state index contributed by atoms with van der Waals surface area (Å²) in [4.78, 5) is 27.0. The van der Waals surface area contributed by atoms with Crippen LogP contribution in [0.5, 0.6) is 5.75 Å². The molecule has 6 heteroatoms. The summed E-state index contributed by atoms with van der Waals surface area (Å²) in [5.41, 5.74) is 6.20. The summed E-state index contributed by atoms with van der Waals surface area (Å²) in [6.07, 6.45) is 0.930. The average molecular weight is 333 g/mol. The van der Waals surface area contributed by atoms with Crippen molar-refractivity contribution in [3.05, 3.63) is 29.8 Å². The molecule has 1 aromatic rings. The molecule has 2 amide bonds. The Hall–Kier alpha value is -2.08. The van der Waals surface area contributed by atoms with Crippen LogP contribution in [0.2, 0.25) is 0 Å². The van der Waals surface area contributed by atoms with E-state index in [0.717, 1.165) is 6.42 Å². The van der Waals surface area contributed by atoms with Gasteiger partial charge in [0, 0.05) is 18.7 Å². The second kappa shape index (κ2) is 8.15. The number of methoxy groups -OCH3 is 1. The Morgan fingerprint density at radius 3 is 2.50 bits per heavy atom. The zero-order chi connectivity index (χ0) is 17.7. The Balaban J connectivity index is 2.04. The summed E-state index contributed by atoms with van der Waals surface area (Å²) in [6.45, 7) is 5.86. The van der Waals surface area contributed by atoms with Crippen molar-refractivity contribution >= 4 is 11.8 Å². The van der Waals surface area contributed by atoms with Gasteiger partial charge in [-0.3, -0.25) is 9.59 Å². The minimum atomic E-state index is -0.531. The maximum atomic E-state index is 12.8. The molecule has 2 unspecified atom stereocenters. The van der Waals surface area contributed by atoms with Crippen LogP contribution in [-0.2, 0) is 4.79 Å². The molecule has 1 aromatic carbocycles. The lowest BCUT2D eigenvalue weighted by atomic mass is 10.0. The van der Waals surface area contributed by atoms with Gasteiger partial charge in [0.25, 0.3) is 5.91 Å². The number of nitrogens with one attached hydrogen (secondary N) is 1. The molecule has 1 aliphatic heterocycles. The molecule has 1 fully saturated rings. The second-order valence-corrected chi connectivity index (χ2v) is 6.60. The molecule has 0 spiro atoms. The Morgan fingerprint density at radius 2 is 2.00 bits per heavy atom. The fraction of sp³-hybridized carbons (Fsp3) is 0.556. The molecule has 0 bridgehead atoms. The normalized spacial score (nSPS) is 18.5. The van der Waals surface area contributed by atoms with Crippen LogP contribution in [0.4, 0.5) is 0 Å². The number of amides is 2. The minimum Gasteiger partial charge on any atom is -0.497 e. The van der Waals surface area contributed by atoms with Crippen molar-refractivity contribution in [2.75, 3.05) is 26.7 Å². The highest BCUT2D eigenvalue weighted by molar-refractivity contribution is 5.97. The first kappa shape index (κ1) is 18.3. The van der Waals surface area contributed by atoms with Gasteiger partial charge < -0.3 is 20.7 Å². The topological polar surface area (TPSA) is 84.7 Å². The highest BCUT2D eigenvalue weighted by Gasteiger charge is 2.32. The number of rotatable bonds is 6. The lowest BCUT2D eigenvalue weighted by Crippen LogP contribution is -2.50. The van der Waals surface area contributed by atoms with E-state index in [1.807, 2.05) is 18.7 Å². The molecule has 1 saturated heterocycles. The van der Waals surface area contributed by atoms with Gasteiger partial charge in [-0.25, -0.2) is 0 Å². The van der Waals surface area contributed by atoms with Gasteiger partial charge in [0.05, 0.1) is 7.11 Å². The smallest absolute Gasteiger partial charge is 0.251 e. The number of nitrogens with two attached hydrogens (primary N) is 1. The lowest BCUT2D eigenvalue weighted by Gasteiger charge is -2.27. The molecular weight excluding hydrogens is 306 g/mol. The fourth-order valence-corrected chi connectivity index (χ4v) is 2.90. The van der Waals surface area contributed by atoms with Crippen molar-refractivity contribution in [1.29, 1.82) is 0 Å². The quantitative estimate of drug-likeness (QED) is 0.821. The molecule has 24 heavy (non-hydrogen) atoms. The Morgan fingerprint density at radius 1 is 1.33 bits per heavy atom. The van der Waals surface area contributed by atoms with Crippen LogP contribution >= 0.6 is 0 Å². The minimum absolute atomic E-state index is 0.0108. The maximum absolute atomic E-state index is 12.8. The van der Waals surface area contributed by atoms with E-state index in [0.29, 0.717) is 36.9 Å². The number of carbonyl (C=O) groups excluding carboxylic acids is 2.